The Morgan fingerprint density at radius 3 is 2.55 bits per heavy atom. The van der Waals surface area contributed by atoms with Crippen LogP contribution in [-0.4, -0.2) is 19.1 Å². The number of hydrogen-bond acceptors (Lipinski definition) is 5. The van der Waals surface area contributed by atoms with E-state index in [-0.39, 0.29) is 5.91 Å². The van der Waals surface area contributed by atoms with Gasteiger partial charge in [0, 0.05) is 22.4 Å². The first kappa shape index (κ1) is 18.9. The van der Waals surface area contributed by atoms with Crippen LogP contribution in [0.15, 0.2) is 71.6 Å². The van der Waals surface area contributed by atoms with Gasteiger partial charge in [0.2, 0.25) is 0 Å². The normalized spacial score (nSPS) is 12.1. The lowest BCUT2D eigenvalue weighted by Gasteiger charge is -2.19. The van der Waals surface area contributed by atoms with Crippen molar-refractivity contribution < 1.29 is 14.3 Å². The molecule has 5 nitrogen and oxygen atoms in total. The number of nitriles is 1. The van der Waals surface area contributed by atoms with Crippen molar-refractivity contribution in [3.05, 3.63) is 83.4 Å². The zero-order chi connectivity index (χ0) is 20.1. The number of thioether (sulfide) groups is 1. The van der Waals surface area contributed by atoms with E-state index in [4.69, 9.17) is 14.7 Å². The predicted molar refractivity (Wildman–Crippen MR) is 113 cm³/mol. The molecule has 0 spiro atoms. The molecule has 4 rings (SSSR count). The molecule has 0 aliphatic carbocycles. The van der Waals surface area contributed by atoms with Gasteiger partial charge >= 0.3 is 0 Å². The second-order valence-corrected chi connectivity index (χ2v) is 7.42. The van der Waals surface area contributed by atoms with Gasteiger partial charge in [-0.2, -0.15) is 5.26 Å². The van der Waals surface area contributed by atoms with Gasteiger partial charge in [-0.05, 0) is 42.0 Å². The number of benzene rings is 3. The molecular formula is C23H18N2O3S. The quantitative estimate of drug-likeness (QED) is 0.616. The van der Waals surface area contributed by atoms with Crippen molar-refractivity contribution >= 4 is 23.4 Å². The molecule has 0 saturated heterocycles. The van der Waals surface area contributed by atoms with E-state index in [1.807, 2.05) is 36.4 Å². The number of rotatable bonds is 5. The van der Waals surface area contributed by atoms with Crippen LogP contribution in [0.25, 0.3) is 0 Å². The SMILES string of the molecule is N#Cc1ccc(CSc2ccccc2C(=O)Nc2ccc3c(c2)OCCO3)cc1. The highest BCUT2D eigenvalue weighted by Crippen LogP contribution is 2.33. The van der Waals surface area contributed by atoms with Crippen molar-refractivity contribution in [2.75, 3.05) is 18.5 Å². The molecule has 3 aromatic rings. The minimum Gasteiger partial charge on any atom is -0.486 e. The van der Waals surface area contributed by atoms with Gasteiger partial charge in [0.05, 0.1) is 17.2 Å². The number of ether oxygens (including phenoxy) is 2. The third-order valence-corrected chi connectivity index (χ3v) is 5.55. The molecule has 1 amide bonds. The first-order chi connectivity index (χ1) is 14.2. The van der Waals surface area contributed by atoms with E-state index in [1.165, 1.54) is 0 Å². The lowest BCUT2D eigenvalue weighted by atomic mass is 10.2. The van der Waals surface area contributed by atoms with Crippen LogP contribution in [0.5, 0.6) is 11.5 Å². The third kappa shape index (κ3) is 4.53. The Labute approximate surface area is 173 Å². The van der Waals surface area contributed by atoms with E-state index in [9.17, 15) is 4.79 Å². The summed E-state index contributed by atoms with van der Waals surface area (Å²) in [5.41, 5.74) is 3.00. The number of anilines is 1. The Bertz CT molecular complexity index is 1070. The number of amides is 1. The summed E-state index contributed by atoms with van der Waals surface area (Å²) in [7, 11) is 0. The van der Waals surface area contributed by atoms with Gasteiger partial charge in [-0.15, -0.1) is 11.8 Å². The summed E-state index contributed by atoms with van der Waals surface area (Å²) in [4.78, 5) is 13.8. The monoisotopic (exact) mass is 402 g/mol. The van der Waals surface area contributed by atoms with E-state index < -0.39 is 0 Å². The smallest absolute Gasteiger partial charge is 0.256 e. The Morgan fingerprint density at radius 1 is 1.00 bits per heavy atom. The highest BCUT2D eigenvalue weighted by molar-refractivity contribution is 7.98. The molecule has 1 aliphatic rings. The van der Waals surface area contributed by atoms with Crippen molar-refractivity contribution in [2.24, 2.45) is 0 Å². The molecule has 1 aliphatic heterocycles. The molecule has 6 heteroatoms. The lowest BCUT2D eigenvalue weighted by molar-refractivity contribution is 0.102. The Hall–Kier alpha value is -3.43. The molecule has 144 valence electrons. The van der Waals surface area contributed by atoms with Crippen molar-refractivity contribution in [3.8, 4) is 17.6 Å². The molecule has 0 saturated carbocycles. The van der Waals surface area contributed by atoms with Gasteiger partial charge in [0.25, 0.3) is 5.91 Å². The Balaban J connectivity index is 1.47. The van der Waals surface area contributed by atoms with Crippen LogP contribution in [0.3, 0.4) is 0 Å². The largest absolute Gasteiger partial charge is 0.486 e. The van der Waals surface area contributed by atoms with Crippen molar-refractivity contribution in [3.63, 3.8) is 0 Å². The van der Waals surface area contributed by atoms with Gasteiger partial charge in [-0.1, -0.05) is 24.3 Å². The third-order valence-electron chi connectivity index (χ3n) is 4.41. The number of nitrogens with one attached hydrogen (secondary N) is 1. The second-order valence-electron chi connectivity index (χ2n) is 6.41. The van der Waals surface area contributed by atoms with Crippen molar-refractivity contribution in [1.82, 2.24) is 0 Å². The lowest BCUT2D eigenvalue weighted by Crippen LogP contribution is -2.16. The average molecular weight is 402 g/mol. The average Bonchev–Trinajstić information content (AvgIpc) is 2.78. The molecular weight excluding hydrogens is 384 g/mol. The number of hydrogen-bond donors (Lipinski definition) is 1. The maximum absolute atomic E-state index is 12.9. The number of carbonyl (C=O) groups is 1. The van der Waals surface area contributed by atoms with Crippen LogP contribution >= 0.6 is 11.8 Å². The Kier molecular flexibility index (Phi) is 5.68. The summed E-state index contributed by atoms with van der Waals surface area (Å²) in [6.07, 6.45) is 0. The molecule has 1 heterocycles. The fourth-order valence-corrected chi connectivity index (χ4v) is 3.94. The molecule has 0 atom stereocenters. The molecule has 0 aromatic heterocycles. The van der Waals surface area contributed by atoms with Crippen LogP contribution in [0.4, 0.5) is 5.69 Å². The summed E-state index contributed by atoms with van der Waals surface area (Å²) in [6, 6.07) is 22.5. The molecule has 0 radical (unpaired) electrons. The molecule has 0 bridgehead atoms. The predicted octanol–water partition coefficient (Wildman–Crippen LogP) is 4.87. The van der Waals surface area contributed by atoms with E-state index in [2.05, 4.69) is 11.4 Å². The van der Waals surface area contributed by atoms with Gasteiger partial charge < -0.3 is 14.8 Å². The minimum absolute atomic E-state index is 0.176. The number of nitrogens with zero attached hydrogens (tertiary/aromatic N) is 1. The molecule has 29 heavy (non-hydrogen) atoms. The topological polar surface area (TPSA) is 71.4 Å². The van der Waals surface area contributed by atoms with Crippen LogP contribution in [-0.2, 0) is 5.75 Å². The first-order valence-corrected chi connectivity index (χ1v) is 10.1. The van der Waals surface area contributed by atoms with Gasteiger partial charge in [0.1, 0.15) is 13.2 Å². The molecule has 0 fully saturated rings. The summed E-state index contributed by atoms with van der Waals surface area (Å²) >= 11 is 1.59. The number of carbonyl (C=O) groups excluding carboxylic acids is 1. The van der Waals surface area contributed by atoms with Crippen molar-refractivity contribution in [1.29, 1.82) is 5.26 Å². The van der Waals surface area contributed by atoms with Crippen LogP contribution < -0.4 is 14.8 Å². The van der Waals surface area contributed by atoms with E-state index in [1.54, 1.807) is 42.1 Å². The molecule has 0 unspecified atom stereocenters. The zero-order valence-electron chi connectivity index (χ0n) is 15.6. The second kappa shape index (κ2) is 8.72. The standard InChI is InChI=1S/C23H18N2O3S/c24-14-16-5-7-17(8-6-16)15-29-22-4-2-1-3-19(22)23(26)25-18-9-10-20-21(13-18)28-12-11-27-20/h1-10,13H,11-12,15H2,(H,25,26). The number of fused-ring (bicyclic) bond motifs is 1. The van der Waals surface area contributed by atoms with E-state index in [0.29, 0.717) is 47.3 Å². The fraction of sp³-hybridized carbons (Fsp3) is 0.130. The van der Waals surface area contributed by atoms with Crippen LogP contribution in [0.1, 0.15) is 21.5 Å². The van der Waals surface area contributed by atoms with Gasteiger partial charge in [-0.25, -0.2) is 0 Å². The first-order valence-electron chi connectivity index (χ1n) is 9.15. The zero-order valence-corrected chi connectivity index (χ0v) is 16.4. The van der Waals surface area contributed by atoms with Crippen molar-refractivity contribution in [2.45, 2.75) is 10.6 Å². The summed E-state index contributed by atoms with van der Waals surface area (Å²) in [5, 5.41) is 11.8. The van der Waals surface area contributed by atoms with Gasteiger partial charge in [0.15, 0.2) is 11.5 Å². The maximum atomic E-state index is 12.9. The summed E-state index contributed by atoms with van der Waals surface area (Å²) < 4.78 is 11.1. The fourth-order valence-electron chi connectivity index (χ4n) is 2.94. The van der Waals surface area contributed by atoms with E-state index in [0.717, 1.165) is 10.5 Å². The highest BCUT2D eigenvalue weighted by Gasteiger charge is 2.15. The van der Waals surface area contributed by atoms with Gasteiger partial charge in [-0.3, -0.25) is 4.79 Å². The Morgan fingerprint density at radius 2 is 1.76 bits per heavy atom. The molecule has 1 N–H and O–H groups in total. The summed E-state index contributed by atoms with van der Waals surface area (Å²) in [5.74, 6) is 1.86. The van der Waals surface area contributed by atoms with Crippen LogP contribution in [0, 0.1) is 11.3 Å². The molecule has 3 aromatic carbocycles. The summed E-state index contributed by atoms with van der Waals surface area (Å²) in [6.45, 7) is 1.03. The highest BCUT2D eigenvalue weighted by atomic mass is 32.2. The maximum Gasteiger partial charge on any atom is 0.256 e. The van der Waals surface area contributed by atoms with Crippen LogP contribution in [0.2, 0.25) is 0 Å². The van der Waals surface area contributed by atoms with E-state index >= 15 is 0 Å². The minimum atomic E-state index is -0.176.